The molecule has 3 rings (SSSR count). The second-order valence-electron chi connectivity index (χ2n) is 6.44. The second kappa shape index (κ2) is 9.75. The van der Waals surface area contributed by atoms with Gasteiger partial charge in [-0.15, -0.1) is 0 Å². The highest BCUT2D eigenvalue weighted by atomic mass is 35.5. The Labute approximate surface area is 191 Å². The highest BCUT2D eigenvalue weighted by Gasteiger charge is 2.30. The molecule has 0 bridgehead atoms. The lowest BCUT2D eigenvalue weighted by atomic mass is 10.2. The number of carboxylic acid groups (broad SMARTS) is 2. The quantitative estimate of drug-likeness (QED) is 0.579. The lowest BCUT2D eigenvalue weighted by Crippen LogP contribution is -2.23. The topological polar surface area (TPSA) is 126 Å². The molecule has 1 aliphatic rings. The number of aliphatic imine (C=N–C) groups is 1. The number of thioether (sulfide) groups is 1. The summed E-state index contributed by atoms with van der Waals surface area (Å²) in [5.74, 6) is -2.23. The molecule has 1 amide bonds. The van der Waals surface area contributed by atoms with E-state index >= 15 is 0 Å². The standard InChI is InChI=1S/C21H17ClN2O7S/c1-24-19(27)16(32-21(24)23-13-5-3-4-12(9-13)20(28)29)8-11-6-14(22)18(15(7-11)30-2)31-10-17(25)26/h3-9H,10H2,1-2H3,(H,25,26)(H,28,29)/b16-8+,23-21?. The lowest BCUT2D eigenvalue weighted by Gasteiger charge is -2.12. The third-order valence-corrected chi connectivity index (χ3v) is 5.55. The van der Waals surface area contributed by atoms with Gasteiger partial charge in [0.25, 0.3) is 5.91 Å². The van der Waals surface area contributed by atoms with E-state index in [2.05, 4.69) is 4.99 Å². The molecule has 0 aliphatic carbocycles. The predicted octanol–water partition coefficient (Wildman–Crippen LogP) is 3.74. The molecule has 2 aromatic rings. The molecule has 0 unspecified atom stereocenters. The number of rotatable bonds is 7. The Morgan fingerprint density at radius 2 is 2.00 bits per heavy atom. The molecule has 166 valence electrons. The van der Waals surface area contributed by atoms with Crippen molar-refractivity contribution in [2.45, 2.75) is 0 Å². The molecular weight excluding hydrogens is 460 g/mol. The Morgan fingerprint density at radius 3 is 2.66 bits per heavy atom. The number of halogens is 1. The fourth-order valence-corrected chi connectivity index (χ4v) is 3.98. The van der Waals surface area contributed by atoms with Crippen LogP contribution in [0.1, 0.15) is 15.9 Å². The largest absolute Gasteiger partial charge is 0.493 e. The minimum Gasteiger partial charge on any atom is -0.493 e. The van der Waals surface area contributed by atoms with Gasteiger partial charge in [0.15, 0.2) is 23.3 Å². The number of amides is 1. The molecule has 0 spiro atoms. The Balaban J connectivity index is 1.90. The highest BCUT2D eigenvalue weighted by Crippen LogP contribution is 2.39. The van der Waals surface area contributed by atoms with E-state index in [0.717, 1.165) is 11.8 Å². The summed E-state index contributed by atoms with van der Waals surface area (Å²) in [7, 11) is 2.95. The number of hydrogen-bond donors (Lipinski definition) is 2. The number of carboxylic acids is 2. The third kappa shape index (κ3) is 5.21. The summed E-state index contributed by atoms with van der Waals surface area (Å²) in [6, 6.07) is 9.16. The van der Waals surface area contributed by atoms with Crippen LogP contribution in [0, 0.1) is 0 Å². The number of carbonyl (C=O) groups is 3. The molecule has 0 aromatic heterocycles. The van der Waals surface area contributed by atoms with Crippen molar-refractivity contribution in [2.24, 2.45) is 4.99 Å². The zero-order valence-corrected chi connectivity index (χ0v) is 18.4. The number of amidine groups is 1. The lowest BCUT2D eigenvalue weighted by molar-refractivity contribution is -0.139. The molecule has 1 fully saturated rings. The van der Waals surface area contributed by atoms with Gasteiger partial charge in [0, 0.05) is 7.05 Å². The molecule has 32 heavy (non-hydrogen) atoms. The molecule has 1 saturated heterocycles. The molecule has 2 aromatic carbocycles. The summed E-state index contributed by atoms with van der Waals surface area (Å²) in [5.41, 5.74) is 1.03. The van der Waals surface area contributed by atoms with Crippen molar-refractivity contribution in [3.63, 3.8) is 0 Å². The van der Waals surface area contributed by atoms with Crippen LogP contribution in [-0.2, 0) is 9.59 Å². The van der Waals surface area contributed by atoms with E-state index in [9.17, 15) is 14.4 Å². The average Bonchev–Trinajstić information content (AvgIpc) is 3.00. The van der Waals surface area contributed by atoms with Gasteiger partial charge in [0.1, 0.15) is 0 Å². The number of aromatic carboxylic acids is 1. The first-order chi connectivity index (χ1) is 15.2. The van der Waals surface area contributed by atoms with Crippen molar-refractivity contribution in [3.8, 4) is 11.5 Å². The van der Waals surface area contributed by atoms with Crippen LogP contribution in [-0.4, -0.2) is 58.9 Å². The maximum absolute atomic E-state index is 12.7. The van der Waals surface area contributed by atoms with Crippen LogP contribution in [0.5, 0.6) is 11.5 Å². The number of hydrogen-bond acceptors (Lipinski definition) is 7. The Bertz CT molecular complexity index is 1160. The molecule has 0 saturated carbocycles. The van der Waals surface area contributed by atoms with Gasteiger partial charge in [-0.2, -0.15) is 0 Å². The maximum atomic E-state index is 12.7. The SMILES string of the molecule is COc1cc(/C=C2/SC(=Nc3cccc(C(=O)O)c3)N(C)C2=O)cc(Cl)c1OCC(=O)O. The van der Waals surface area contributed by atoms with Gasteiger partial charge in [-0.05, 0) is 53.7 Å². The Kier molecular flexibility index (Phi) is 7.06. The first kappa shape index (κ1) is 23.2. The van der Waals surface area contributed by atoms with Crippen molar-refractivity contribution >= 4 is 58.1 Å². The Hall–Kier alpha value is -3.50. The molecular formula is C21H17ClN2O7S. The summed E-state index contributed by atoms with van der Waals surface area (Å²) < 4.78 is 10.4. The third-order valence-electron chi connectivity index (χ3n) is 4.21. The van der Waals surface area contributed by atoms with E-state index in [1.807, 2.05) is 0 Å². The van der Waals surface area contributed by atoms with Gasteiger partial charge in [-0.1, -0.05) is 17.7 Å². The van der Waals surface area contributed by atoms with Gasteiger partial charge in [0.2, 0.25) is 0 Å². The molecule has 9 nitrogen and oxygen atoms in total. The van der Waals surface area contributed by atoms with E-state index in [4.69, 9.17) is 31.3 Å². The second-order valence-corrected chi connectivity index (χ2v) is 7.86. The maximum Gasteiger partial charge on any atom is 0.341 e. The van der Waals surface area contributed by atoms with Crippen LogP contribution >= 0.6 is 23.4 Å². The van der Waals surface area contributed by atoms with Crippen molar-refractivity contribution in [1.82, 2.24) is 4.90 Å². The molecule has 11 heteroatoms. The number of likely N-dealkylation sites (N-methyl/N-ethyl adjacent to an activating group) is 1. The van der Waals surface area contributed by atoms with Gasteiger partial charge in [-0.3, -0.25) is 9.69 Å². The first-order valence-corrected chi connectivity index (χ1v) is 10.2. The van der Waals surface area contributed by atoms with Crippen LogP contribution in [0.3, 0.4) is 0 Å². The summed E-state index contributed by atoms with van der Waals surface area (Å²) in [6.45, 7) is -0.585. The van der Waals surface area contributed by atoms with Crippen LogP contribution in [0.2, 0.25) is 5.02 Å². The van der Waals surface area contributed by atoms with Crippen molar-refractivity contribution in [2.75, 3.05) is 20.8 Å². The first-order valence-electron chi connectivity index (χ1n) is 9.01. The minimum absolute atomic E-state index is 0.0850. The molecule has 0 radical (unpaired) electrons. The van der Waals surface area contributed by atoms with Crippen LogP contribution in [0.15, 0.2) is 46.3 Å². The van der Waals surface area contributed by atoms with E-state index < -0.39 is 18.5 Å². The van der Waals surface area contributed by atoms with E-state index in [-0.39, 0.29) is 28.0 Å². The summed E-state index contributed by atoms with van der Waals surface area (Å²) in [4.78, 5) is 40.7. The van der Waals surface area contributed by atoms with E-state index in [0.29, 0.717) is 21.3 Å². The summed E-state index contributed by atoms with van der Waals surface area (Å²) in [5, 5.41) is 18.4. The zero-order chi connectivity index (χ0) is 23.4. The Morgan fingerprint density at radius 1 is 1.25 bits per heavy atom. The summed E-state index contributed by atoms with van der Waals surface area (Å²) in [6.07, 6.45) is 1.59. The average molecular weight is 477 g/mol. The minimum atomic E-state index is -1.16. The molecule has 1 heterocycles. The summed E-state index contributed by atoms with van der Waals surface area (Å²) >= 11 is 7.34. The van der Waals surface area contributed by atoms with Gasteiger partial charge in [-0.25, -0.2) is 14.6 Å². The van der Waals surface area contributed by atoms with Crippen molar-refractivity contribution < 1.29 is 34.1 Å². The van der Waals surface area contributed by atoms with Crippen molar-refractivity contribution in [3.05, 3.63) is 57.5 Å². The van der Waals surface area contributed by atoms with Crippen LogP contribution in [0.25, 0.3) is 6.08 Å². The van der Waals surface area contributed by atoms with Crippen LogP contribution < -0.4 is 9.47 Å². The van der Waals surface area contributed by atoms with E-state index in [1.54, 1.807) is 31.3 Å². The number of nitrogens with zero attached hydrogens (tertiary/aromatic N) is 2. The van der Waals surface area contributed by atoms with Crippen molar-refractivity contribution in [1.29, 1.82) is 0 Å². The fourth-order valence-electron chi connectivity index (χ4n) is 2.72. The zero-order valence-electron chi connectivity index (χ0n) is 16.9. The highest BCUT2D eigenvalue weighted by molar-refractivity contribution is 8.18. The number of carbonyl (C=O) groups excluding carboxylic acids is 1. The van der Waals surface area contributed by atoms with Gasteiger partial charge < -0.3 is 19.7 Å². The van der Waals surface area contributed by atoms with Gasteiger partial charge >= 0.3 is 11.9 Å². The number of benzene rings is 2. The molecule has 2 N–H and O–H groups in total. The normalized spacial score (nSPS) is 16.0. The molecule has 0 atom stereocenters. The van der Waals surface area contributed by atoms with E-state index in [1.165, 1.54) is 30.2 Å². The number of aliphatic carboxylic acids is 1. The fraction of sp³-hybridized carbons (Fsp3) is 0.143. The molecule has 1 aliphatic heterocycles. The monoisotopic (exact) mass is 476 g/mol. The van der Waals surface area contributed by atoms with Crippen LogP contribution in [0.4, 0.5) is 5.69 Å². The number of ether oxygens (including phenoxy) is 2. The number of methoxy groups -OCH3 is 1. The van der Waals surface area contributed by atoms with Gasteiger partial charge in [0.05, 0.1) is 28.3 Å². The predicted molar refractivity (Wildman–Crippen MR) is 120 cm³/mol. The smallest absolute Gasteiger partial charge is 0.341 e.